The molecule has 0 heterocycles. The molecule has 0 aliphatic heterocycles. The number of rotatable bonds is 6. The first kappa shape index (κ1) is 20.2. The largest absolute Gasteiger partial charge is 0.497 e. The fraction of sp³-hybridized carbons (Fsp3) is 0.0357. The molecule has 0 aliphatic carbocycles. The van der Waals surface area contributed by atoms with E-state index in [9.17, 15) is 4.79 Å². The predicted octanol–water partition coefficient (Wildman–Crippen LogP) is 6.54. The Bertz CT molecular complexity index is 1180. The van der Waals surface area contributed by atoms with Gasteiger partial charge < -0.3 is 10.1 Å². The SMILES string of the molecule is COc1ccc(/C=C(/C(=O)Nc2ccccc2-c2ccccc2)c2ccccc2)cc1. The molecule has 0 spiro atoms. The first-order valence-electron chi connectivity index (χ1n) is 10.1. The molecule has 1 amide bonds. The summed E-state index contributed by atoms with van der Waals surface area (Å²) in [5.41, 5.74) is 5.18. The monoisotopic (exact) mass is 405 g/mol. The molecular weight excluding hydrogens is 382 g/mol. The molecule has 4 rings (SSSR count). The number of hydrogen-bond donors (Lipinski definition) is 1. The second-order valence-corrected chi connectivity index (χ2v) is 7.06. The third-order valence-corrected chi connectivity index (χ3v) is 5.02. The fourth-order valence-corrected chi connectivity index (χ4v) is 3.42. The van der Waals surface area contributed by atoms with Gasteiger partial charge in [0.05, 0.1) is 7.11 Å². The van der Waals surface area contributed by atoms with Gasteiger partial charge in [-0.25, -0.2) is 0 Å². The van der Waals surface area contributed by atoms with Crippen molar-refractivity contribution in [2.75, 3.05) is 12.4 Å². The number of nitrogens with one attached hydrogen (secondary N) is 1. The van der Waals surface area contributed by atoms with Crippen LogP contribution in [0.5, 0.6) is 5.75 Å². The van der Waals surface area contributed by atoms with Crippen LogP contribution >= 0.6 is 0 Å². The zero-order valence-electron chi connectivity index (χ0n) is 17.3. The Morgan fingerprint density at radius 2 is 1.35 bits per heavy atom. The molecule has 0 bridgehead atoms. The summed E-state index contributed by atoms with van der Waals surface area (Å²) in [6.07, 6.45) is 1.90. The third kappa shape index (κ3) is 4.90. The molecule has 152 valence electrons. The Morgan fingerprint density at radius 3 is 2.03 bits per heavy atom. The van der Waals surface area contributed by atoms with Crippen molar-refractivity contribution in [1.29, 1.82) is 0 Å². The van der Waals surface area contributed by atoms with Crippen molar-refractivity contribution in [2.45, 2.75) is 0 Å². The van der Waals surface area contributed by atoms with E-state index in [0.29, 0.717) is 5.57 Å². The minimum Gasteiger partial charge on any atom is -0.497 e. The van der Waals surface area contributed by atoms with Crippen LogP contribution in [0.3, 0.4) is 0 Å². The van der Waals surface area contributed by atoms with E-state index in [1.165, 1.54) is 0 Å². The van der Waals surface area contributed by atoms with Crippen LogP contribution in [0.15, 0.2) is 109 Å². The topological polar surface area (TPSA) is 38.3 Å². The van der Waals surface area contributed by atoms with Gasteiger partial charge in [-0.1, -0.05) is 91.0 Å². The van der Waals surface area contributed by atoms with E-state index in [2.05, 4.69) is 5.32 Å². The van der Waals surface area contributed by atoms with Gasteiger partial charge in [-0.05, 0) is 41.0 Å². The van der Waals surface area contributed by atoms with Crippen LogP contribution in [0.4, 0.5) is 5.69 Å². The van der Waals surface area contributed by atoms with Crippen molar-refractivity contribution in [3.8, 4) is 16.9 Å². The average Bonchev–Trinajstić information content (AvgIpc) is 2.84. The Balaban J connectivity index is 1.70. The standard InChI is InChI=1S/C28H23NO2/c1-31-24-18-16-21(17-19-24)20-26(23-12-6-3-7-13-23)28(30)29-27-15-9-8-14-25(27)22-10-4-2-5-11-22/h2-20H,1H3,(H,29,30)/b26-20+. The normalized spacial score (nSPS) is 11.1. The smallest absolute Gasteiger partial charge is 0.256 e. The number of carbonyl (C=O) groups is 1. The molecule has 0 atom stereocenters. The summed E-state index contributed by atoms with van der Waals surface area (Å²) in [5, 5.41) is 3.12. The Hall–Kier alpha value is -4.11. The summed E-state index contributed by atoms with van der Waals surface area (Å²) >= 11 is 0. The van der Waals surface area contributed by atoms with Gasteiger partial charge in [0.15, 0.2) is 0 Å². The van der Waals surface area contributed by atoms with Gasteiger partial charge in [-0.15, -0.1) is 0 Å². The fourth-order valence-electron chi connectivity index (χ4n) is 3.42. The number of amides is 1. The van der Waals surface area contributed by atoms with Gasteiger partial charge in [0, 0.05) is 16.8 Å². The zero-order valence-corrected chi connectivity index (χ0v) is 17.3. The quantitative estimate of drug-likeness (QED) is 0.292. The van der Waals surface area contributed by atoms with Crippen LogP contribution in [0, 0.1) is 0 Å². The minimum absolute atomic E-state index is 0.162. The van der Waals surface area contributed by atoms with Gasteiger partial charge in [0.2, 0.25) is 0 Å². The lowest BCUT2D eigenvalue weighted by molar-refractivity contribution is -0.111. The van der Waals surface area contributed by atoms with Crippen molar-refractivity contribution < 1.29 is 9.53 Å². The molecule has 0 saturated heterocycles. The first-order chi connectivity index (χ1) is 15.2. The number of ether oxygens (including phenoxy) is 1. The number of carbonyl (C=O) groups excluding carboxylic acids is 1. The van der Waals surface area contributed by atoms with Crippen LogP contribution in [0.25, 0.3) is 22.8 Å². The van der Waals surface area contributed by atoms with E-state index in [4.69, 9.17) is 4.74 Å². The lowest BCUT2D eigenvalue weighted by atomic mass is 10.0. The maximum absolute atomic E-state index is 13.4. The van der Waals surface area contributed by atoms with E-state index in [-0.39, 0.29) is 5.91 Å². The molecule has 0 aromatic heterocycles. The third-order valence-electron chi connectivity index (χ3n) is 5.02. The molecular formula is C28H23NO2. The van der Waals surface area contributed by atoms with Crippen molar-refractivity contribution in [2.24, 2.45) is 0 Å². The number of methoxy groups -OCH3 is 1. The number of hydrogen-bond acceptors (Lipinski definition) is 2. The maximum atomic E-state index is 13.4. The number of para-hydroxylation sites is 1. The predicted molar refractivity (Wildman–Crippen MR) is 128 cm³/mol. The van der Waals surface area contributed by atoms with E-state index in [1.54, 1.807) is 7.11 Å². The van der Waals surface area contributed by atoms with Crippen LogP contribution in [0.2, 0.25) is 0 Å². The van der Waals surface area contributed by atoms with Crippen molar-refractivity contribution in [1.82, 2.24) is 0 Å². The molecule has 0 unspecified atom stereocenters. The first-order valence-corrected chi connectivity index (χ1v) is 10.1. The summed E-state index contributed by atoms with van der Waals surface area (Å²) in [6, 6.07) is 35.2. The Labute approximate surface area is 182 Å². The van der Waals surface area contributed by atoms with Crippen molar-refractivity contribution in [3.63, 3.8) is 0 Å². The molecule has 3 nitrogen and oxygen atoms in total. The van der Waals surface area contributed by atoms with E-state index in [0.717, 1.165) is 33.7 Å². The lowest BCUT2D eigenvalue weighted by Crippen LogP contribution is -2.14. The van der Waals surface area contributed by atoms with Crippen LogP contribution in [-0.4, -0.2) is 13.0 Å². The molecule has 0 saturated carbocycles. The van der Waals surface area contributed by atoms with E-state index >= 15 is 0 Å². The van der Waals surface area contributed by atoms with E-state index in [1.807, 2.05) is 115 Å². The van der Waals surface area contributed by atoms with Gasteiger partial charge in [-0.2, -0.15) is 0 Å². The molecule has 1 N–H and O–H groups in total. The summed E-state index contributed by atoms with van der Waals surface area (Å²) in [4.78, 5) is 13.4. The highest BCUT2D eigenvalue weighted by Gasteiger charge is 2.15. The maximum Gasteiger partial charge on any atom is 0.256 e. The van der Waals surface area contributed by atoms with Crippen molar-refractivity contribution >= 4 is 23.2 Å². The molecule has 3 heteroatoms. The molecule has 4 aromatic rings. The van der Waals surface area contributed by atoms with Crippen LogP contribution < -0.4 is 10.1 Å². The van der Waals surface area contributed by atoms with Gasteiger partial charge in [0.1, 0.15) is 5.75 Å². The van der Waals surface area contributed by atoms with Gasteiger partial charge in [-0.3, -0.25) is 4.79 Å². The minimum atomic E-state index is -0.162. The molecule has 0 aliphatic rings. The summed E-state index contributed by atoms with van der Waals surface area (Å²) in [6.45, 7) is 0. The summed E-state index contributed by atoms with van der Waals surface area (Å²) in [5.74, 6) is 0.616. The molecule has 4 aromatic carbocycles. The molecule has 0 radical (unpaired) electrons. The summed E-state index contributed by atoms with van der Waals surface area (Å²) in [7, 11) is 1.64. The lowest BCUT2D eigenvalue weighted by Gasteiger charge is -2.14. The zero-order chi connectivity index (χ0) is 21.5. The van der Waals surface area contributed by atoms with Crippen LogP contribution in [0.1, 0.15) is 11.1 Å². The highest BCUT2D eigenvalue weighted by Crippen LogP contribution is 2.29. The number of benzene rings is 4. The second kappa shape index (κ2) is 9.59. The molecule has 31 heavy (non-hydrogen) atoms. The van der Waals surface area contributed by atoms with Crippen molar-refractivity contribution in [3.05, 3.63) is 120 Å². The van der Waals surface area contributed by atoms with Gasteiger partial charge >= 0.3 is 0 Å². The highest BCUT2D eigenvalue weighted by atomic mass is 16.5. The number of anilines is 1. The van der Waals surface area contributed by atoms with E-state index < -0.39 is 0 Å². The Morgan fingerprint density at radius 1 is 0.742 bits per heavy atom. The Kier molecular flexibility index (Phi) is 6.24. The van der Waals surface area contributed by atoms with Crippen LogP contribution in [-0.2, 0) is 4.79 Å². The second-order valence-electron chi connectivity index (χ2n) is 7.06. The highest BCUT2D eigenvalue weighted by molar-refractivity contribution is 6.29. The molecule has 0 fully saturated rings. The average molecular weight is 405 g/mol. The van der Waals surface area contributed by atoms with Gasteiger partial charge in [0.25, 0.3) is 5.91 Å². The summed E-state index contributed by atoms with van der Waals surface area (Å²) < 4.78 is 5.24.